The largest absolute Gasteiger partial charge is 0.472 e. The normalized spacial score (nSPS) is 38.4. The number of rotatable bonds is 2. The topological polar surface area (TPSA) is 50.4 Å². The van der Waals surface area contributed by atoms with Crippen LogP contribution in [0, 0.1) is 23.2 Å². The Bertz CT molecular complexity index is 1100. The first-order chi connectivity index (χ1) is 15.4. The van der Waals surface area contributed by atoms with E-state index in [1.807, 2.05) is 13.0 Å². The van der Waals surface area contributed by atoms with Crippen LogP contribution in [0.4, 0.5) is 0 Å². The lowest BCUT2D eigenvalue weighted by Gasteiger charge is -2.56. The first-order valence-electron chi connectivity index (χ1n) is 12.1. The molecule has 6 atom stereocenters. The van der Waals surface area contributed by atoms with E-state index in [2.05, 4.69) is 43.3 Å². The van der Waals surface area contributed by atoms with Crippen molar-refractivity contribution in [2.24, 2.45) is 23.2 Å². The molecule has 1 heterocycles. The number of carbonyl (C=O) groups is 1. The van der Waals surface area contributed by atoms with Crippen molar-refractivity contribution in [3.8, 4) is 11.1 Å². The van der Waals surface area contributed by atoms with Gasteiger partial charge >= 0.3 is 0 Å². The number of furan rings is 1. The van der Waals surface area contributed by atoms with Crippen LogP contribution >= 0.6 is 0 Å². The Labute approximate surface area is 190 Å². The summed E-state index contributed by atoms with van der Waals surface area (Å²) >= 11 is 0. The van der Waals surface area contributed by atoms with Gasteiger partial charge < -0.3 is 9.52 Å². The van der Waals surface area contributed by atoms with Crippen LogP contribution < -0.4 is 0 Å². The highest BCUT2D eigenvalue weighted by atomic mass is 16.3. The van der Waals surface area contributed by atoms with Crippen molar-refractivity contribution in [1.82, 2.24) is 0 Å². The molecule has 2 aromatic rings. The van der Waals surface area contributed by atoms with Crippen LogP contribution in [-0.4, -0.2) is 16.5 Å². The average Bonchev–Trinajstić information content (AvgIpc) is 3.40. The van der Waals surface area contributed by atoms with E-state index >= 15 is 0 Å². The van der Waals surface area contributed by atoms with E-state index in [4.69, 9.17) is 4.42 Å². The van der Waals surface area contributed by atoms with Gasteiger partial charge in [-0.2, -0.15) is 0 Å². The fourth-order valence-electron chi connectivity index (χ4n) is 7.46. The lowest BCUT2D eigenvalue weighted by atomic mass is 9.49. The van der Waals surface area contributed by atoms with E-state index < -0.39 is 5.60 Å². The van der Waals surface area contributed by atoms with Crippen molar-refractivity contribution >= 4 is 5.78 Å². The summed E-state index contributed by atoms with van der Waals surface area (Å²) in [5.74, 6) is 2.24. The van der Waals surface area contributed by atoms with E-state index in [-0.39, 0.29) is 5.41 Å². The van der Waals surface area contributed by atoms with Crippen molar-refractivity contribution in [3.05, 3.63) is 71.7 Å². The van der Waals surface area contributed by atoms with E-state index in [9.17, 15) is 9.90 Å². The Morgan fingerprint density at radius 1 is 1.00 bits per heavy atom. The molecule has 1 N–H and O–H groups in total. The summed E-state index contributed by atoms with van der Waals surface area (Å²) in [6, 6.07) is 11.0. The Kier molecular flexibility index (Phi) is 4.46. The third-order valence-electron chi connectivity index (χ3n) is 9.41. The molecule has 0 radical (unpaired) electrons. The zero-order valence-corrected chi connectivity index (χ0v) is 19.0. The minimum absolute atomic E-state index is 0.197. The zero-order chi connectivity index (χ0) is 22.1. The summed E-state index contributed by atoms with van der Waals surface area (Å²) in [5, 5.41) is 11.4. The Morgan fingerprint density at radius 3 is 2.56 bits per heavy atom. The molecule has 0 bridgehead atoms. The van der Waals surface area contributed by atoms with Gasteiger partial charge in [0, 0.05) is 23.8 Å². The number of benzene rings is 1. The molecule has 0 saturated heterocycles. The van der Waals surface area contributed by atoms with Crippen molar-refractivity contribution < 1.29 is 14.3 Å². The standard InChI is InChI=1S/C29H32O3/c1-28-16-25(19-5-3-18(4-6-19)21-12-14-32-17-21)27-23-10-8-22(30)15-20(23)7-9-24(27)26(28)11-13-29(28,2)31/h3-7,11-12,14,17,23-25,27,31H,8-10,13,15-16H2,1-2H3/t23-,24-,25+,27+,28-,29-/m0/s1. The molecule has 4 aliphatic carbocycles. The predicted octanol–water partition coefficient (Wildman–Crippen LogP) is 6.45. The maximum atomic E-state index is 12.2. The van der Waals surface area contributed by atoms with Crippen molar-refractivity contribution in [1.29, 1.82) is 0 Å². The summed E-state index contributed by atoms with van der Waals surface area (Å²) < 4.78 is 5.27. The fraction of sp³-hybridized carbons (Fsp3) is 0.483. The lowest BCUT2D eigenvalue weighted by molar-refractivity contribution is -0.120. The van der Waals surface area contributed by atoms with Gasteiger partial charge in [0.15, 0.2) is 0 Å². The molecule has 1 aromatic heterocycles. The summed E-state index contributed by atoms with van der Waals surface area (Å²) in [6.07, 6.45) is 13.3. The molecule has 0 spiro atoms. The number of carbonyl (C=O) groups excluding carboxylic acids is 1. The van der Waals surface area contributed by atoms with E-state index in [1.165, 1.54) is 22.3 Å². The monoisotopic (exact) mass is 428 g/mol. The third kappa shape index (κ3) is 2.86. The molecular formula is C29H32O3. The van der Waals surface area contributed by atoms with Crippen LogP contribution in [-0.2, 0) is 4.79 Å². The van der Waals surface area contributed by atoms with Gasteiger partial charge in [0.25, 0.3) is 0 Å². The highest BCUT2D eigenvalue weighted by Crippen LogP contribution is 2.65. The van der Waals surface area contributed by atoms with E-state index in [0.717, 1.165) is 31.2 Å². The first kappa shape index (κ1) is 20.2. The SMILES string of the molecule is C[C@]1(O)CC=C2[C@@H]3CC=C4CC(=O)CC[C@@H]4[C@H]3[C@@H](c3ccc(-c4ccoc4)cc3)C[C@@]21C. The quantitative estimate of drug-likeness (QED) is 0.559. The maximum Gasteiger partial charge on any atom is 0.136 e. The molecule has 1 aromatic carbocycles. The minimum Gasteiger partial charge on any atom is -0.472 e. The smallest absolute Gasteiger partial charge is 0.136 e. The molecule has 3 nitrogen and oxygen atoms in total. The van der Waals surface area contributed by atoms with Crippen LogP contribution in [0.25, 0.3) is 11.1 Å². The van der Waals surface area contributed by atoms with Crippen LogP contribution in [0.3, 0.4) is 0 Å². The van der Waals surface area contributed by atoms with E-state index in [1.54, 1.807) is 12.5 Å². The fourth-order valence-corrected chi connectivity index (χ4v) is 7.46. The summed E-state index contributed by atoms with van der Waals surface area (Å²) in [7, 11) is 0. The first-order valence-corrected chi connectivity index (χ1v) is 12.1. The number of Topliss-reactive ketones (excluding diaryl/α,β-unsaturated/α-hetero) is 1. The maximum absolute atomic E-state index is 12.2. The van der Waals surface area contributed by atoms with Crippen LogP contribution in [0.1, 0.15) is 63.9 Å². The van der Waals surface area contributed by atoms with Crippen molar-refractivity contribution in [3.63, 3.8) is 0 Å². The van der Waals surface area contributed by atoms with Gasteiger partial charge in [0.05, 0.1) is 18.1 Å². The molecule has 2 saturated carbocycles. The minimum atomic E-state index is -0.700. The van der Waals surface area contributed by atoms with Gasteiger partial charge in [0.2, 0.25) is 0 Å². The van der Waals surface area contributed by atoms with Gasteiger partial charge in [-0.15, -0.1) is 0 Å². The van der Waals surface area contributed by atoms with Gasteiger partial charge in [-0.05, 0) is 73.5 Å². The highest BCUT2D eigenvalue weighted by Gasteiger charge is 2.59. The second-order valence-corrected chi connectivity index (χ2v) is 11.0. The van der Waals surface area contributed by atoms with Crippen LogP contribution in [0.15, 0.2) is 70.6 Å². The number of hydrogen-bond donors (Lipinski definition) is 1. The molecule has 3 heteroatoms. The molecule has 32 heavy (non-hydrogen) atoms. The molecule has 2 fully saturated rings. The van der Waals surface area contributed by atoms with Crippen LogP contribution in [0.5, 0.6) is 0 Å². The van der Waals surface area contributed by atoms with Crippen molar-refractivity contribution in [2.45, 2.75) is 63.9 Å². The Balaban J connectivity index is 1.43. The van der Waals surface area contributed by atoms with E-state index in [0.29, 0.717) is 42.3 Å². The van der Waals surface area contributed by atoms with Crippen LogP contribution in [0.2, 0.25) is 0 Å². The summed E-state index contributed by atoms with van der Waals surface area (Å²) in [4.78, 5) is 12.2. The Morgan fingerprint density at radius 2 is 1.81 bits per heavy atom. The van der Waals surface area contributed by atoms with Gasteiger partial charge in [-0.25, -0.2) is 0 Å². The summed E-state index contributed by atoms with van der Waals surface area (Å²) in [5.41, 5.74) is 5.60. The summed E-state index contributed by atoms with van der Waals surface area (Å²) in [6.45, 7) is 4.32. The molecule has 0 amide bonds. The molecule has 6 rings (SSSR count). The molecule has 0 aliphatic heterocycles. The molecule has 4 aliphatic rings. The zero-order valence-electron chi connectivity index (χ0n) is 19.0. The molecular weight excluding hydrogens is 396 g/mol. The third-order valence-corrected chi connectivity index (χ3v) is 9.41. The predicted molar refractivity (Wildman–Crippen MR) is 125 cm³/mol. The Hall–Kier alpha value is -2.39. The number of hydrogen-bond acceptors (Lipinski definition) is 3. The average molecular weight is 429 g/mol. The van der Waals surface area contributed by atoms with Gasteiger partial charge in [-0.1, -0.05) is 54.5 Å². The van der Waals surface area contributed by atoms with Crippen molar-refractivity contribution in [2.75, 3.05) is 0 Å². The second-order valence-electron chi connectivity index (χ2n) is 11.0. The second kappa shape index (κ2) is 7.05. The highest BCUT2D eigenvalue weighted by molar-refractivity contribution is 5.82. The number of fused-ring (bicyclic) bond motifs is 5. The number of aliphatic hydroxyl groups is 1. The van der Waals surface area contributed by atoms with Gasteiger partial charge in [0.1, 0.15) is 5.78 Å². The number of ketones is 1. The lowest BCUT2D eigenvalue weighted by Crippen LogP contribution is -2.51. The molecule has 0 unspecified atom stereocenters. The van der Waals surface area contributed by atoms with Gasteiger partial charge in [-0.3, -0.25) is 4.79 Å². The number of allylic oxidation sites excluding steroid dienone is 2. The molecule has 166 valence electrons.